The van der Waals surface area contributed by atoms with Gasteiger partial charge in [-0.3, -0.25) is 43.3 Å². The Kier molecular flexibility index (Phi) is 42.4. The van der Waals surface area contributed by atoms with E-state index in [9.17, 15) is 83.4 Å². The Labute approximate surface area is 460 Å². The van der Waals surface area contributed by atoms with Crippen LogP contribution in [0.15, 0.2) is 24.8 Å². The standard InChI is InChI=1S/C43H64N10O18.3CO.Re/c54-33(46-15-9-8-11-29(41(67)68)47-43(71)48-30(42(69)70)13-14-36(57)58)12-7-5-3-1-2-4-6-10-18-49(21-31-44-16-19-50(31)23-34(55)52(25-37(59)60)26-38(61)62)22-32-45-17-20-51(32)24-35(56)53(27-39(63)64)28-40(65)66;3*1-2;/h16-17,19-20,29-30H,1-15,18,21-28H2,(H,46,54)(H,57,58)(H,59,60)(H,61,62)(H,63,64)(H,65,66)(H,67,68)(H,69,70)(H2,47,48,71);;;;/t29-,30-;;;;/m0..../s1. The van der Waals surface area contributed by atoms with Crippen molar-refractivity contribution < 1.29 is 123 Å². The van der Waals surface area contributed by atoms with Crippen LogP contribution in [0, 0.1) is 20.0 Å². The average Bonchev–Trinajstić information content (AvgIpc) is 4.01. The van der Waals surface area contributed by atoms with Gasteiger partial charge in [-0.2, -0.15) is 0 Å². The molecule has 0 aliphatic carbocycles. The minimum Gasteiger partial charge on any atom is 0 e. The third-order valence-corrected chi connectivity index (χ3v) is 10.7. The molecular formula is C46H64N10O21Re. The van der Waals surface area contributed by atoms with E-state index in [4.69, 9.17) is 19.1 Å². The number of nitrogens with one attached hydrogen (secondary N) is 3. The van der Waals surface area contributed by atoms with Crippen LogP contribution in [0.5, 0.6) is 0 Å². The Morgan fingerprint density at radius 3 is 1.28 bits per heavy atom. The van der Waals surface area contributed by atoms with Crippen LogP contribution in [0.25, 0.3) is 0 Å². The first-order chi connectivity index (χ1) is 36.6. The summed E-state index contributed by atoms with van der Waals surface area (Å²) in [5, 5.41) is 71.3. The Bertz CT molecular complexity index is 2150. The SMILES string of the molecule is O=C(O)CC[C@H](NC(=O)N[C@@H](CCCCNC(=O)CCCCCCCCCCN(Cc1nccn1CC(=O)N(CC(=O)O)CC(=O)O)Cc1nccn1CC(=O)N(CC(=O)O)CC(=O)O)C(=O)O)C(=O)O.[C-]#[O+].[C-]#[O+].[C-]#[O+].[Re]. The van der Waals surface area contributed by atoms with Crippen molar-refractivity contribution in [3.05, 3.63) is 56.4 Å². The Morgan fingerprint density at radius 1 is 0.513 bits per heavy atom. The largest absolute Gasteiger partial charge is 0 e. The number of urea groups is 1. The second-order valence-corrected chi connectivity index (χ2v) is 16.5. The summed E-state index contributed by atoms with van der Waals surface area (Å²) in [6.07, 6.45) is 12.5. The molecular weight excluding hydrogens is 1210 g/mol. The van der Waals surface area contributed by atoms with Gasteiger partial charge < -0.3 is 70.6 Å². The minimum absolute atomic E-state index is 0. The van der Waals surface area contributed by atoms with E-state index in [-0.39, 0.29) is 58.8 Å². The van der Waals surface area contributed by atoms with Crippen LogP contribution in [-0.2, 0) is 109 Å². The van der Waals surface area contributed by atoms with Gasteiger partial charge in [0.15, 0.2) is 0 Å². The van der Waals surface area contributed by atoms with Crippen molar-refractivity contribution in [3.8, 4) is 0 Å². The Balaban J connectivity index is -0.00000774. The summed E-state index contributed by atoms with van der Waals surface area (Å²) < 4.78 is 25.4. The number of amides is 5. The molecule has 2 aromatic heterocycles. The minimum atomic E-state index is -1.52. The van der Waals surface area contributed by atoms with Crippen LogP contribution in [0.4, 0.5) is 4.79 Å². The number of nitrogens with zero attached hydrogens (tertiary/aromatic N) is 7. The van der Waals surface area contributed by atoms with Crippen molar-refractivity contribution in [1.82, 2.24) is 49.8 Å². The van der Waals surface area contributed by atoms with Crippen molar-refractivity contribution in [1.29, 1.82) is 0 Å². The van der Waals surface area contributed by atoms with E-state index in [2.05, 4.69) is 45.9 Å². The Morgan fingerprint density at radius 2 is 0.897 bits per heavy atom. The van der Waals surface area contributed by atoms with Gasteiger partial charge in [0.1, 0.15) is 63.0 Å². The molecule has 31 nitrogen and oxygen atoms in total. The smallest absolute Gasteiger partial charge is 0 e. The molecule has 0 fully saturated rings. The van der Waals surface area contributed by atoms with Gasteiger partial charge in [-0.05, 0) is 45.1 Å². The van der Waals surface area contributed by atoms with Gasteiger partial charge in [0.2, 0.25) is 17.7 Å². The summed E-state index contributed by atoms with van der Waals surface area (Å²) >= 11 is 0. The average molecular weight is 1280 g/mol. The molecule has 0 aliphatic rings. The fraction of sp³-hybridized carbons (Fsp3) is 0.565. The maximum absolute atomic E-state index is 13.0. The van der Waals surface area contributed by atoms with Gasteiger partial charge in [0.25, 0.3) is 0 Å². The zero-order chi connectivity index (χ0) is 58.9. The number of carbonyl (C=O) groups is 11. The van der Waals surface area contributed by atoms with E-state index in [1.54, 1.807) is 0 Å². The van der Waals surface area contributed by atoms with Gasteiger partial charge in [-0.1, -0.05) is 38.5 Å². The monoisotopic (exact) mass is 1280 g/mol. The van der Waals surface area contributed by atoms with Gasteiger partial charge in [0, 0.05) is 64.6 Å². The number of unbranched alkanes of at least 4 members (excludes halogenated alkanes) is 8. The van der Waals surface area contributed by atoms with E-state index in [1.165, 1.54) is 33.9 Å². The number of rotatable bonds is 39. The second kappa shape index (κ2) is 44.4. The second-order valence-electron chi connectivity index (χ2n) is 16.5. The molecule has 2 rings (SSSR count). The molecule has 32 heteroatoms. The van der Waals surface area contributed by atoms with E-state index >= 15 is 0 Å². The third-order valence-electron chi connectivity index (χ3n) is 10.7. The van der Waals surface area contributed by atoms with Gasteiger partial charge in [-0.15, -0.1) is 0 Å². The van der Waals surface area contributed by atoms with Crippen molar-refractivity contribution in [3.63, 3.8) is 0 Å². The first-order valence-electron chi connectivity index (χ1n) is 23.4. The Hall–Kier alpha value is -7.77. The topological polar surface area (TPSA) is 471 Å². The van der Waals surface area contributed by atoms with Crippen molar-refractivity contribution in [2.75, 3.05) is 39.3 Å². The molecule has 5 amide bonds. The molecule has 0 aliphatic heterocycles. The number of aromatic nitrogens is 4. The molecule has 10 N–H and O–H groups in total. The van der Waals surface area contributed by atoms with Crippen molar-refractivity contribution >= 4 is 65.5 Å². The molecule has 0 saturated carbocycles. The first-order valence-corrected chi connectivity index (χ1v) is 23.4. The fourth-order valence-electron chi connectivity index (χ4n) is 7.11. The molecule has 0 unspecified atom stereocenters. The van der Waals surface area contributed by atoms with E-state index in [0.29, 0.717) is 60.1 Å². The van der Waals surface area contributed by atoms with Crippen LogP contribution in [0.1, 0.15) is 102 Å². The number of aliphatic carboxylic acids is 7. The van der Waals surface area contributed by atoms with Crippen molar-refractivity contribution in [2.45, 2.75) is 128 Å². The summed E-state index contributed by atoms with van der Waals surface area (Å²) in [4.78, 5) is 142. The molecule has 78 heavy (non-hydrogen) atoms. The normalized spacial score (nSPS) is 10.8. The number of carboxylic acid groups (broad SMARTS) is 7. The zero-order valence-electron chi connectivity index (χ0n) is 42.3. The van der Waals surface area contributed by atoms with Crippen molar-refractivity contribution in [2.24, 2.45) is 0 Å². The molecule has 0 bridgehead atoms. The zero-order valence-corrected chi connectivity index (χ0v) is 45.0. The number of carbonyl (C=O) groups excluding carboxylic acids is 4. The third kappa shape index (κ3) is 34.7. The summed E-state index contributed by atoms with van der Waals surface area (Å²) in [6.45, 7) is 10.4. The van der Waals surface area contributed by atoms with Crippen LogP contribution in [0.3, 0.4) is 0 Å². The van der Waals surface area contributed by atoms with Crippen LogP contribution >= 0.6 is 0 Å². The predicted octanol–water partition coefficient (Wildman–Crippen LogP) is -0.170. The quantitative estimate of drug-likeness (QED) is 0.0236. The van der Waals surface area contributed by atoms with Crippen LogP contribution < -0.4 is 16.0 Å². The first kappa shape index (κ1) is 74.5. The number of hydrogen-bond acceptors (Lipinski definition) is 14. The molecule has 0 spiro atoms. The molecule has 0 saturated heterocycles. The van der Waals surface area contributed by atoms with E-state index in [1.807, 2.05) is 4.90 Å². The van der Waals surface area contributed by atoms with Crippen LogP contribution in [-0.4, -0.2) is 186 Å². The molecule has 0 aromatic carbocycles. The summed E-state index contributed by atoms with van der Waals surface area (Å²) in [6, 6.07) is -3.92. The van der Waals surface area contributed by atoms with Gasteiger partial charge in [-0.25, -0.2) is 24.4 Å². The van der Waals surface area contributed by atoms with Crippen LogP contribution in [0.2, 0.25) is 0 Å². The molecule has 1 radical (unpaired) electrons. The summed E-state index contributed by atoms with van der Waals surface area (Å²) in [5.41, 5.74) is 0. The molecule has 2 atom stereocenters. The predicted molar refractivity (Wildman–Crippen MR) is 254 cm³/mol. The molecule has 2 aromatic rings. The number of carboxylic acids is 7. The molecule has 431 valence electrons. The van der Waals surface area contributed by atoms with E-state index < -0.39 is 117 Å². The maximum atomic E-state index is 13.0. The van der Waals surface area contributed by atoms with E-state index in [0.717, 1.165) is 38.5 Å². The van der Waals surface area contributed by atoms with Gasteiger partial charge >= 0.3 is 81.7 Å². The van der Waals surface area contributed by atoms with Gasteiger partial charge in [0.05, 0.1) is 13.1 Å². The number of hydrogen-bond donors (Lipinski definition) is 10. The molecule has 2 heterocycles. The summed E-state index contributed by atoms with van der Waals surface area (Å²) in [7, 11) is 0. The fourth-order valence-corrected chi connectivity index (χ4v) is 7.11. The maximum Gasteiger partial charge on any atom is 0 e. The number of imidazole rings is 2. The summed E-state index contributed by atoms with van der Waals surface area (Å²) in [5.74, 6) is -10.6.